The molecule has 1 saturated heterocycles. The molecule has 0 amide bonds. The molecule has 0 radical (unpaired) electrons. The maximum atomic E-state index is 8.00. The van der Waals surface area contributed by atoms with E-state index in [9.17, 15) is 0 Å². The summed E-state index contributed by atoms with van der Waals surface area (Å²) in [5.74, 6) is 0. The molecule has 146 valence electrons. The minimum absolute atomic E-state index is 0.246. The molecule has 1 aliphatic rings. The van der Waals surface area contributed by atoms with E-state index >= 15 is 0 Å². The third kappa shape index (κ3) is 14.1. The second kappa shape index (κ2) is 26.3. The van der Waals surface area contributed by atoms with Crippen molar-refractivity contribution in [2.24, 2.45) is 0 Å². The van der Waals surface area contributed by atoms with E-state index in [1.165, 1.54) is 5.56 Å². The van der Waals surface area contributed by atoms with Gasteiger partial charge in [-0.1, -0.05) is 37.3 Å². The molecule has 24 heavy (non-hydrogen) atoms. The summed E-state index contributed by atoms with van der Waals surface area (Å²) in [5.41, 5.74) is 1.59. The Morgan fingerprint density at radius 2 is 1.25 bits per heavy atom. The average molecular weight is 381 g/mol. The largest absolute Gasteiger partial charge is 0.377 e. The number of halogens is 10. The van der Waals surface area contributed by atoms with Gasteiger partial charge in [-0.3, -0.25) is 0 Å². The van der Waals surface area contributed by atoms with E-state index < -0.39 is 0 Å². The van der Waals surface area contributed by atoms with Crippen LogP contribution in [0.2, 0.25) is 0 Å². The fourth-order valence-electron chi connectivity index (χ4n) is 1.67. The third-order valence-electron chi connectivity index (χ3n) is 2.94. The van der Waals surface area contributed by atoms with E-state index in [0.717, 1.165) is 26.2 Å². The molecule has 1 N–H and O–H groups in total. The Kier molecular flexibility index (Phi) is 33.3. The predicted octanol–water partition coefficient (Wildman–Crippen LogP) is 6.16. The lowest BCUT2D eigenvalue weighted by Crippen LogP contribution is -2.59. The van der Waals surface area contributed by atoms with E-state index in [-0.39, 0.29) is 5.54 Å². The van der Waals surface area contributed by atoms with Crippen molar-refractivity contribution in [2.45, 2.75) is 25.4 Å². The van der Waals surface area contributed by atoms with Crippen LogP contribution in [0.15, 0.2) is 30.3 Å². The Morgan fingerprint density at radius 1 is 0.833 bits per heavy atom. The van der Waals surface area contributed by atoms with Crippen LogP contribution in [-0.2, 0) is 11.3 Å². The molecule has 0 aromatic heterocycles. The standard InChI is InChI=1S/C12H17NO.5F2/c1-2-12(9-14-10-12)13-8-11-6-4-3-5-7-11;5*1-2/h3-7,13H,2,8-10H2,1H3;;;;;. The second-order valence-electron chi connectivity index (χ2n) is 3.97. The van der Waals surface area contributed by atoms with Crippen LogP contribution in [-0.4, -0.2) is 18.8 Å². The van der Waals surface area contributed by atoms with Gasteiger partial charge in [0, 0.05) is 52.3 Å². The first-order valence-corrected chi connectivity index (χ1v) is 5.93. The average Bonchev–Trinajstić information content (AvgIpc) is 2.70. The van der Waals surface area contributed by atoms with Crippen LogP contribution in [0.3, 0.4) is 0 Å². The van der Waals surface area contributed by atoms with Crippen molar-refractivity contribution in [3.05, 3.63) is 35.9 Å². The van der Waals surface area contributed by atoms with Crippen molar-refractivity contribution >= 4 is 0 Å². The predicted molar refractivity (Wildman–Crippen MR) is 68.2 cm³/mol. The van der Waals surface area contributed by atoms with Crippen molar-refractivity contribution in [1.29, 1.82) is 0 Å². The van der Waals surface area contributed by atoms with Crippen molar-refractivity contribution in [1.82, 2.24) is 5.32 Å². The zero-order valence-corrected chi connectivity index (χ0v) is 12.4. The Hall–Kier alpha value is -1.56. The van der Waals surface area contributed by atoms with E-state index in [4.69, 9.17) is 50.5 Å². The van der Waals surface area contributed by atoms with Crippen molar-refractivity contribution in [3.8, 4) is 0 Å². The highest BCUT2D eigenvalue weighted by atomic mass is 20.0. The normalized spacial score (nSPS) is 12.3. The smallest absolute Gasteiger partial charge is 0.0671 e. The highest BCUT2D eigenvalue weighted by Crippen LogP contribution is 2.21. The number of hydrogen-bond donors (Lipinski definition) is 1. The molecular formula is C12H17F10NO. The molecule has 2 nitrogen and oxygen atoms in total. The molecular weight excluding hydrogens is 364 g/mol. The molecule has 0 aliphatic carbocycles. The summed E-state index contributed by atoms with van der Waals surface area (Å²) < 4.78 is 85.3. The summed E-state index contributed by atoms with van der Waals surface area (Å²) >= 11 is 0. The topological polar surface area (TPSA) is 21.3 Å². The Balaban J connectivity index is -0.000000173. The van der Waals surface area contributed by atoms with Gasteiger partial charge in [-0.2, -0.15) is 0 Å². The first-order chi connectivity index (χ1) is 11.8. The number of ether oxygens (including phenoxy) is 1. The molecule has 1 aromatic rings. The van der Waals surface area contributed by atoms with Crippen LogP contribution < -0.4 is 5.32 Å². The SMILES string of the molecule is CCC1(NCc2ccccc2)COC1.FF.FF.FF.FF.FF. The molecule has 1 fully saturated rings. The van der Waals surface area contributed by atoms with Crippen molar-refractivity contribution < 1.29 is 50.5 Å². The Bertz CT molecular complexity index is 298. The number of rotatable bonds is 4. The monoisotopic (exact) mass is 381 g/mol. The van der Waals surface area contributed by atoms with Gasteiger partial charge in [0.1, 0.15) is 0 Å². The minimum Gasteiger partial charge on any atom is -0.377 e. The summed E-state index contributed by atoms with van der Waals surface area (Å²) in [4.78, 5) is 0. The Labute approximate surface area is 131 Å². The van der Waals surface area contributed by atoms with Gasteiger partial charge in [0.25, 0.3) is 0 Å². The molecule has 0 spiro atoms. The zero-order chi connectivity index (χ0) is 19.9. The van der Waals surface area contributed by atoms with Gasteiger partial charge in [-0.25, -0.2) is 0 Å². The van der Waals surface area contributed by atoms with E-state index in [0.29, 0.717) is 0 Å². The van der Waals surface area contributed by atoms with E-state index in [1.807, 2.05) is 6.07 Å². The summed E-state index contributed by atoms with van der Waals surface area (Å²) in [6, 6.07) is 10.5. The highest BCUT2D eigenvalue weighted by Gasteiger charge is 2.35. The van der Waals surface area contributed by atoms with Gasteiger partial charge < -0.3 is 10.1 Å². The van der Waals surface area contributed by atoms with Crippen LogP contribution in [0.5, 0.6) is 0 Å². The zero-order valence-electron chi connectivity index (χ0n) is 12.4. The molecule has 0 unspecified atom stereocenters. The van der Waals surface area contributed by atoms with Gasteiger partial charge in [-0.15, -0.1) is 0 Å². The Morgan fingerprint density at radius 3 is 1.54 bits per heavy atom. The van der Waals surface area contributed by atoms with Crippen molar-refractivity contribution in [3.63, 3.8) is 0 Å². The van der Waals surface area contributed by atoms with Crippen LogP contribution in [0.25, 0.3) is 0 Å². The maximum Gasteiger partial charge on any atom is 0.0671 e. The molecule has 0 atom stereocenters. The summed E-state index contributed by atoms with van der Waals surface area (Å²) in [7, 11) is 0. The lowest BCUT2D eigenvalue weighted by atomic mass is 9.94. The van der Waals surface area contributed by atoms with Gasteiger partial charge in [-0.05, 0) is 12.0 Å². The fraction of sp³-hybridized carbons (Fsp3) is 0.500. The minimum atomic E-state index is 0.246. The van der Waals surface area contributed by atoms with Crippen molar-refractivity contribution in [2.75, 3.05) is 13.2 Å². The first-order valence-electron chi connectivity index (χ1n) is 5.93. The highest BCUT2D eigenvalue weighted by molar-refractivity contribution is 5.15. The van der Waals surface area contributed by atoms with Crippen LogP contribution in [0, 0.1) is 0 Å². The van der Waals surface area contributed by atoms with Crippen LogP contribution in [0.1, 0.15) is 18.9 Å². The molecule has 1 heterocycles. The summed E-state index contributed by atoms with van der Waals surface area (Å²) in [6.45, 7) is 4.87. The van der Waals surface area contributed by atoms with Gasteiger partial charge in [0.15, 0.2) is 0 Å². The van der Waals surface area contributed by atoms with Crippen LogP contribution in [0.4, 0.5) is 45.7 Å². The molecule has 2 rings (SSSR count). The van der Waals surface area contributed by atoms with Gasteiger partial charge >= 0.3 is 0 Å². The molecule has 0 bridgehead atoms. The number of hydrogen-bond acceptors (Lipinski definition) is 2. The third-order valence-corrected chi connectivity index (χ3v) is 2.94. The summed E-state index contributed by atoms with van der Waals surface area (Å²) in [5, 5.41) is 3.57. The lowest BCUT2D eigenvalue weighted by Gasteiger charge is -2.41. The number of nitrogens with one attached hydrogen (secondary N) is 1. The molecule has 0 saturated carbocycles. The lowest BCUT2D eigenvalue weighted by molar-refractivity contribution is -0.0769. The van der Waals surface area contributed by atoms with E-state index in [2.05, 4.69) is 36.5 Å². The number of benzene rings is 1. The molecule has 12 heteroatoms. The molecule has 1 aliphatic heterocycles. The maximum absolute atomic E-state index is 8.00. The summed E-state index contributed by atoms with van der Waals surface area (Å²) in [6.07, 6.45) is 1.14. The van der Waals surface area contributed by atoms with Gasteiger partial charge in [0.2, 0.25) is 0 Å². The quantitative estimate of drug-likeness (QED) is 0.631. The molecule has 1 aromatic carbocycles. The fourth-order valence-corrected chi connectivity index (χ4v) is 1.67. The first kappa shape index (κ1) is 30.3. The van der Waals surface area contributed by atoms with E-state index in [1.54, 1.807) is 0 Å². The second-order valence-corrected chi connectivity index (χ2v) is 3.97. The van der Waals surface area contributed by atoms with Gasteiger partial charge in [0.05, 0.1) is 18.8 Å². The van der Waals surface area contributed by atoms with Crippen LogP contribution >= 0.6 is 0 Å².